The first-order chi connectivity index (χ1) is 12.0. The highest BCUT2D eigenvalue weighted by Crippen LogP contribution is 2.24. The standard InChI is InChI=1S/C18H25N5O2/c1-5-25-17-7-6-16(20-21-17)23-14(4)15(9-19-23)18(24)22-10-12(2)8-13(3)11-22/h6-7,9,12-13H,5,8,10-11H2,1-4H3. The molecule has 1 fully saturated rings. The topological polar surface area (TPSA) is 73.1 Å². The Balaban J connectivity index is 1.82. The Morgan fingerprint density at radius 2 is 1.96 bits per heavy atom. The van der Waals surface area contributed by atoms with Gasteiger partial charge in [0, 0.05) is 19.2 Å². The van der Waals surface area contributed by atoms with E-state index in [9.17, 15) is 4.79 Å². The highest BCUT2D eigenvalue weighted by Gasteiger charge is 2.28. The van der Waals surface area contributed by atoms with Gasteiger partial charge in [-0.3, -0.25) is 4.79 Å². The Morgan fingerprint density at radius 3 is 2.56 bits per heavy atom. The van der Waals surface area contributed by atoms with Gasteiger partial charge < -0.3 is 9.64 Å². The Labute approximate surface area is 148 Å². The zero-order valence-electron chi connectivity index (χ0n) is 15.3. The van der Waals surface area contributed by atoms with Crippen molar-refractivity contribution >= 4 is 5.91 Å². The van der Waals surface area contributed by atoms with Crippen LogP contribution in [-0.2, 0) is 0 Å². The van der Waals surface area contributed by atoms with E-state index < -0.39 is 0 Å². The lowest BCUT2D eigenvalue weighted by atomic mass is 9.91. The van der Waals surface area contributed by atoms with Crippen LogP contribution in [-0.4, -0.2) is 50.5 Å². The van der Waals surface area contributed by atoms with E-state index in [2.05, 4.69) is 29.1 Å². The molecule has 7 nitrogen and oxygen atoms in total. The maximum atomic E-state index is 12.9. The number of rotatable bonds is 4. The molecule has 7 heteroatoms. The Kier molecular flexibility index (Phi) is 5.01. The number of carbonyl (C=O) groups is 1. The van der Waals surface area contributed by atoms with Crippen LogP contribution < -0.4 is 4.74 Å². The van der Waals surface area contributed by atoms with E-state index in [1.165, 1.54) is 6.42 Å². The largest absolute Gasteiger partial charge is 0.477 e. The number of amides is 1. The van der Waals surface area contributed by atoms with E-state index in [0.717, 1.165) is 18.8 Å². The minimum atomic E-state index is 0.0426. The first-order valence-electron chi connectivity index (χ1n) is 8.80. The molecule has 0 aliphatic carbocycles. The van der Waals surface area contributed by atoms with Crippen molar-refractivity contribution < 1.29 is 9.53 Å². The van der Waals surface area contributed by atoms with Gasteiger partial charge >= 0.3 is 0 Å². The van der Waals surface area contributed by atoms with Crippen molar-refractivity contribution in [1.29, 1.82) is 0 Å². The van der Waals surface area contributed by atoms with Gasteiger partial charge in [-0.05, 0) is 38.2 Å². The zero-order valence-corrected chi connectivity index (χ0v) is 15.3. The second-order valence-corrected chi connectivity index (χ2v) is 6.87. The maximum absolute atomic E-state index is 12.9. The van der Waals surface area contributed by atoms with Gasteiger partial charge in [-0.15, -0.1) is 10.2 Å². The minimum absolute atomic E-state index is 0.0426. The van der Waals surface area contributed by atoms with Gasteiger partial charge in [-0.2, -0.15) is 5.10 Å². The molecule has 1 saturated heterocycles. The summed E-state index contributed by atoms with van der Waals surface area (Å²) in [5.41, 5.74) is 1.39. The fourth-order valence-corrected chi connectivity index (χ4v) is 3.50. The molecule has 25 heavy (non-hydrogen) atoms. The summed E-state index contributed by atoms with van der Waals surface area (Å²) in [5.74, 6) is 2.14. The average molecular weight is 343 g/mol. The molecule has 1 amide bonds. The molecular formula is C18H25N5O2. The summed E-state index contributed by atoms with van der Waals surface area (Å²) in [6, 6.07) is 3.54. The highest BCUT2D eigenvalue weighted by atomic mass is 16.5. The van der Waals surface area contributed by atoms with Crippen molar-refractivity contribution in [1.82, 2.24) is 24.9 Å². The predicted molar refractivity (Wildman–Crippen MR) is 93.9 cm³/mol. The third kappa shape index (κ3) is 3.65. The zero-order chi connectivity index (χ0) is 18.0. The summed E-state index contributed by atoms with van der Waals surface area (Å²) in [6.45, 7) is 10.3. The Hall–Kier alpha value is -2.44. The third-order valence-electron chi connectivity index (χ3n) is 4.53. The number of ether oxygens (including phenoxy) is 1. The molecular weight excluding hydrogens is 318 g/mol. The lowest BCUT2D eigenvalue weighted by molar-refractivity contribution is 0.0622. The highest BCUT2D eigenvalue weighted by molar-refractivity contribution is 5.95. The van der Waals surface area contributed by atoms with E-state index in [1.807, 2.05) is 18.7 Å². The normalized spacial score (nSPS) is 20.6. The van der Waals surface area contributed by atoms with Gasteiger partial charge in [0.2, 0.25) is 5.88 Å². The molecule has 134 valence electrons. The van der Waals surface area contributed by atoms with Crippen molar-refractivity contribution in [2.24, 2.45) is 11.8 Å². The first kappa shape index (κ1) is 17.4. The number of hydrogen-bond donors (Lipinski definition) is 0. The van der Waals surface area contributed by atoms with Crippen LogP contribution in [0.4, 0.5) is 0 Å². The molecule has 3 rings (SSSR count). The number of hydrogen-bond acceptors (Lipinski definition) is 5. The molecule has 0 bridgehead atoms. The SMILES string of the molecule is CCOc1ccc(-n2ncc(C(=O)N3CC(C)CC(C)C3)c2C)nn1. The summed E-state index contributed by atoms with van der Waals surface area (Å²) in [5, 5.41) is 12.5. The lowest BCUT2D eigenvalue weighted by Gasteiger charge is -2.34. The van der Waals surface area contributed by atoms with E-state index in [0.29, 0.717) is 35.7 Å². The number of nitrogens with zero attached hydrogens (tertiary/aromatic N) is 5. The van der Waals surface area contributed by atoms with Gasteiger partial charge in [-0.25, -0.2) is 4.68 Å². The van der Waals surface area contributed by atoms with Gasteiger partial charge in [0.1, 0.15) is 0 Å². The smallest absolute Gasteiger partial charge is 0.257 e. The quantitative estimate of drug-likeness (QED) is 0.853. The van der Waals surface area contributed by atoms with Crippen LogP contribution in [0.25, 0.3) is 5.82 Å². The second-order valence-electron chi connectivity index (χ2n) is 6.87. The van der Waals surface area contributed by atoms with Crippen LogP contribution in [0.2, 0.25) is 0 Å². The molecule has 1 aliphatic heterocycles. The average Bonchev–Trinajstić information content (AvgIpc) is 2.96. The molecule has 0 radical (unpaired) electrons. The van der Waals surface area contributed by atoms with Crippen molar-refractivity contribution in [3.05, 3.63) is 29.6 Å². The molecule has 0 saturated carbocycles. The van der Waals surface area contributed by atoms with Gasteiger partial charge in [0.05, 0.1) is 24.1 Å². The monoisotopic (exact) mass is 343 g/mol. The van der Waals surface area contributed by atoms with Crippen LogP contribution >= 0.6 is 0 Å². The fraction of sp³-hybridized carbons (Fsp3) is 0.556. The molecule has 0 N–H and O–H groups in total. The van der Waals surface area contributed by atoms with Crippen LogP contribution in [0.3, 0.4) is 0 Å². The Morgan fingerprint density at radius 1 is 1.24 bits per heavy atom. The molecule has 1 aliphatic rings. The summed E-state index contributed by atoms with van der Waals surface area (Å²) >= 11 is 0. The van der Waals surface area contributed by atoms with Crippen LogP contribution in [0, 0.1) is 18.8 Å². The van der Waals surface area contributed by atoms with E-state index >= 15 is 0 Å². The maximum Gasteiger partial charge on any atom is 0.257 e. The number of piperidine rings is 1. The summed E-state index contributed by atoms with van der Waals surface area (Å²) in [7, 11) is 0. The van der Waals surface area contributed by atoms with Crippen LogP contribution in [0.5, 0.6) is 5.88 Å². The molecule has 2 atom stereocenters. The van der Waals surface area contributed by atoms with Crippen molar-refractivity contribution in [3.8, 4) is 11.7 Å². The molecule has 2 aromatic rings. The van der Waals surface area contributed by atoms with Crippen molar-refractivity contribution in [2.45, 2.75) is 34.1 Å². The number of carbonyl (C=O) groups excluding carboxylic acids is 1. The van der Waals surface area contributed by atoms with Crippen molar-refractivity contribution in [3.63, 3.8) is 0 Å². The van der Waals surface area contributed by atoms with Gasteiger partial charge in [0.25, 0.3) is 5.91 Å². The van der Waals surface area contributed by atoms with Crippen LogP contribution in [0.15, 0.2) is 18.3 Å². The summed E-state index contributed by atoms with van der Waals surface area (Å²) in [4.78, 5) is 14.9. The van der Waals surface area contributed by atoms with Crippen molar-refractivity contribution in [2.75, 3.05) is 19.7 Å². The number of aromatic nitrogens is 4. The van der Waals surface area contributed by atoms with E-state index in [4.69, 9.17) is 4.74 Å². The predicted octanol–water partition coefficient (Wildman–Crippen LogP) is 2.49. The van der Waals surface area contributed by atoms with Crippen LogP contribution in [0.1, 0.15) is 43.2 Å². The molecule has 2 aromatic heterocycles. The molecule has 2 unspecified atom stereocenters. The van der Waals surface area contributed by atoms with Gasteiger partial charge in [-0.1, -0.05) is 13.8 Å². The first-order valence-corrected chi connectivity index (χ1v) is 8.80. The molecule has 0 spiro atoms. The van der Waals surface area contributed by atoms with Gasteiger partial charge in [0.15, 0.2) is 5.82 Å². The summed E-state index contributed by atoms with van der Waals surface area (Å²) in [6.07, 6.45) is 2.80. The molecule has 3 heterocycles. The fourth-order valence-electron chi connectivity index (χ4n) is 3.50. The summed E-state index contributed by atoms with van der Waals surface area (Å²) < 4.78 is 6.95. The number of likely N-dealkylation sites (tertiary alicyclic amines) is 1. The molecule has 0 aromatic carbocycles. The third-order valence-corrected chi connectivity index (χ3v) is 4.53. The minimum Gasteiger partial charge on any atom is -0.477 e. The van der Waals surface area contributed by atoms with E-state index in [-0.39, 0.29) is 5.91 Å². The lowest BCUT2D eigenvalue weighted by Crippen LogP contribution is -2.42. The Bertz CT molecular complexity index is 730. The second kappa shape index (κ2) is 7.21. The van der Waals surface area contributed by atoms with E-state index in [1.54, 1.807) is 23.0 Å².